The quantitative estimate of drug-likeness (QED) is 0.672. The number of benzene rings is 1. The number of carboxylic acid groups (broad SMARTS) is 1. The van der Waals surface area contributed by atoms with Gasteiger partial charge in [0.15, 0.2) is 0 Å². The fourth-order valence-corrected chi connectivity index (χ4v) is 1.39. The Kier molecular flexibility index (Phi) is 5.26. The SMILES string of the molecule is CCNCCC(=O)Nc1ccc(F)cc1C(=O)O. The van der Waals surface area contributed by atoms with Crippen molar-refractivity contribution in [3.05, 3.63) is 29.6 Å². The third kappa shape index (κ3) is 4.14. The van der Waals surface area contributed by atoms with Crippen molar-refractivity contribution < 1.29 is 19.1 Å². The highest BCUT2D eigenvalue weighted by Gasteiger charge is 2.13. The van der Waals surface area contributed by atoms with E-state index in [1.54, 1.807) is 0 Å². The number of halogens is 1. The van der Waals surface area contributed by atoms with Crippen molar-refractivity contribution in [1.29, 1.82) is 0 Å². The minimum atomic E-state index is -1.28. The number of amides is 1. The van der Waals surface area contributed by atoms with E-state index < -0.39 is 11.8 Å². The number of hydrogen-bond acceptors (Lipinski definition) is 3. The van der Waals surface area contributed by atoms with Crippen molar-refractivity contribution in [3.8, 4) is 0 Å². The number of carboxylic acids is 1. The van der Waals surface area contributed by atoms with Crippen LogP contribution in [0.15, 0.2) is 18.2 Å². The Bertz CT molecular complexity index is 449. The summed E-state index contributed by atoms with van der Waals surface area (Å²) in [6.07, 6.45) is 0.226. The average Bonchev–Trinajstić information content (AvgIpc) is 2.31. The van der Waals surface area contributed by atoms with Gasteiger partial charge in [0.2, 0.25) is 5.91 Å². The summed E-state index contributed by atoms with van der Waals surface area (Å²) in [5, 5.41) is 14.3. The van der Waals surface area contributed by atoms with Crippen molar-refractivity contribution in [3.63, 3.8) is 0 Å². The molecule has 5 nitrogen and oxygen atoms in total. The van der Waals surface area contributed by atoms with Crippen molar-refractivity contribution in [2.24, 2.45) is 0 Å². The number of rotatable bonds is 6. The molecule has 18 heavy (non-hydrogen) atoms. The normalized spacial score (nSPS) is 10.1. The molecule has 0 atom stereocenters. The van der Waals surface area contributed by atoms with Crippen molar-refractivity contribution >= 4 is 17.6 Å². The maximum atomic E-state index is 12.9. The van der Waals surface area contributed by atoms with Gasteiger partial charge >= 0.3 is 5.97 Å². The molecule has 0 unspecified atom stereocenters. The summed E-state index contributed by atoms with van der Waals surface area (Å²) in [7, 11) is 0. The maximum Gasteiger partial charge on any atom is 0.337 e. The summed E-state index contributed by atoms with van der Waals surface area (Å²) in [6, 6.07) is 3.22. The number of hydrogen-bond donors (Lipinski definition) is 3. The number of carbonyl (C=O) groups excluding carboxylic acids is 1. The first-order chi connectivity index (χ1) is 8.54. The number of anilines is 1. The molecular weight excluding hydrogens is 239 g/mol. The molecule has 3 N–H and O–H groups in total. The first kappa shape index (κ1) is 14.1. The molecule has 6 heteroatoms. The van der Waals surface area contributed by atoms with Crippen LogP contribution < -0.4 is 10.6 Å². The largest absolute Gasteiger partial charge is 0.478 e. The standard InChI is InChI=1S/C12H15FN2O3/c1-2-14-6-5-11(16)15-10-4-3-8(13)7-9(10)12(17)18/h3-4,7,14H,2,5-6H2,1H3,(H,15,16)(H,17,18). The zero-order valence-electron chi connectivity index (χ0n) is 10.00. The van der Waals surface area contributed by atoms with Crippen LogP contribution in [0.3, 0.4) is 0 Å². The summed E-state index contributed by atoms with van der Waals surface area (Å²) in [6.45, 7) is 3.18. The Labute approximate surface area is 104 Å². The first-order valence-electron chi connectivity index (χ1n) is 5.58. The van der Waals surface area contributed by atoms with Gasteiger partial charge in [-0.2, -0.15) is 0 Å². The molecule has 0 aliphatic heterocycles. The van der Waals surface area contributed by atoms with Crippen LogP contribution in [0, 0.1) is 5.82 Å². The molecule has 0 fully saturated rings. The van der Waals surface area contributed by atoms with Gasteiger partial charge in [0.05, 0.1) is 11.3 Å². The monoisotopic (exact) mass is 254 g/mol. The molecule has 0 bridgehead atoms. The second kappa shape index (κ2) is 6.70. The van der Waals surface area contributed by atoms with Crippen molar-refractivity contribution in [2.45, 2.75) is 13.3 Å². The van der Waals surface area contributed by atoms with Gasteiger partial charge in [0.1, 0.15) is 5.82 Å². The average molecular weight is 254 g/mol. The van der Waals surface area contributed by atoms with Gasteiger partial charge in [-0.15, -0.1) is 0 Å². The van der Waals surface area contributed by atoms with Gasteiger partial charge in [-0.3, -0.25) is 4.79 Å². The summed E-state index contributed by atoms with van der Waals surface area (Å²) >= 11 is 0. The predicted octanol–water partition coefficient (Wildman–Crippen LogP) is 1.46. The molecule has 98 valence electrons. The second-order valence-electron chi connectivity index (χ2n) is 3.65. The molecule has 0 heterocycles. The lowest BCUT2D eigenvalue weighted by molar-refractivity contribution is -0.116. The number of aromatic carboxylic acids is 1. The zero-order valence-corrected chi connectivity index (χ0v) is 10.00. The summed E-state index contributed by atoms with van der Waals surface area (Å²) < 4.78 is 12.9. The van der Waals surface area contributed by atoms with Gasteiger partial charge in [0.25, 0.3) is 0 Å². The van der Waals surface area contributed by atoms with Crippen LogP contribution in [-0.2, 0) is 4.79 Å². The van der Waals surface area contributed by atoms with Gasteiger partial charge in [-0.1, -0.05) is 6.92 Å². The lowest BCUT2D eigenvalue weighted by Gasteiger charge is -2.08. The fourth-order valence-electron chi connectivity index (χ4n) is 1.39. The third-order valence-electron chi connectivity index (χ3n) is 2.26. The van der Waals surface area contributed by atoms with Crippen LogP contribution >= 0.6 is 0 Å². The molecule has 0 saturated carbocycles. The summed E-state index contributed by atoms with van der Waals surface area (Å²) in [4.78, 5) is 22.4. The smallest absolute Gasteiger partial charge is 0.337 e. The lowest BCUT2D eigenvalue weighted by Crippen LogP contribution is -2.22. The van der Waals surface area contributed by atoms with Gasteiger partial charge in [0, 0.05) is 13.0 Å². The van der Waals surface area contributed by atoms with E-state index in [1.807, 2.05) is 6.92 Å². The van der Waals surface area contributed by atoms with E-state index in [0.29, 0.717) is 6.54 Å². The Hall–Kier alpha value is -1.95. The van der Waals surface area contributed by atoms with E-state index in [2.05, 4.69) is 10.6 Å². The van der Waals surface area contributed by atoms with Crippen LogP contribution in [0.25, 0.3) is 0 Å². The molecule has 1 rings (SSSR count). The van der Waals surface area contributed by atoms with E-state index in [-0.39, 0.29) is 23.6 Å². The molecule has 0 radical (unpaired) electrons. The van der Waals surface area contributed by atoms with Crippen molar-refractivity contribution in [1.82, 2.24) is 5.32 Å². The predicted molar refractivity (Wildman–Crippen MR) is 65.1 cm³/mol. The topological polar surface area (TPSA) is 78.4 Å². The Morgan fingerprint density at radius 3 is 2.72 bits per heavy atom. The summed E-state index contributed by atoms with van der Waals surface area (Å²) in [5.74, 6) is -2.25. The summed E-state index contributed by atoms with van der Waals surface area (Å²) in [5.41, 5.74) is -0.155. The number of carbonyl (C=O) groups is 2. The van der Waals surface area contributed by atoms with Gasteiger partial charge < -0.3 is 15.7 Å². The van der Waals surface area contributed by atoms with Crippen LogP contribution in [0.2, 0.25) is 0 Å². The lowest BCUT2D eigenvalue weighted by atomic mass is 10.1. The molecular formula is C12H15FN2O3. The highest BCUT2D eigenvalue weighted by Crippen LogP contribution is 2.17. The van der Waals surface area contributed by atoms with Gasteiger partial charge in [-0.05, 0) is 24.7 Å². The molecule has 1 amide bonds. The minimum absolute atomic E-state index is 0.102. The molecule has 0 aliphatic carbocycles. The fraction of sp³-hybridized carbons (Fsp3) is 0.333. The Balaban J connectivity index is 2.72. The molecule has 0 spiro atoms. The zero-order chi connectivity index (χ0) is 13.5. The number of nitrogens with one attached hydrogen (secondary N) is 2. The molecule has 0 aromatic heterocycles. The Morgan fingerprint density at radius 1 is 1.39 bits per heavy atom. The Morgan fingerprint density at radius 2 is 2.11 bits per heavy atom. The van der Waals surface area contributed by atoms with Crippen LogP contribution in [0.4, 0.5) is 10.1 Å². The third-order valence-corrected chi connectivity index (χ3v) is 2.26. The highest BCUT2D eigenvalue weighted by molar-refractivity contribution is 6.00. The molecule has 1 aromatic carbocycles. The molecule has 0 aliphatic rings. The molecule has 1 aromatic rings. The van der Waals surface area contributed by atoms with Crippen LogP contribution in [0.1, 0.15) is 23.7 Å². The van der Waals surface area contributed by atoms with Crippen LogP contribution in [0.5, 0.6) is 0 Å². The van der Waals surface area contributed by atoms with E-state index in [9.17, 15) is 14.0 Å². The van der Waals surface area contributed by atoms with E-state index >= 15 is 0 Å². The molecule has 0 saturated heterocycles. The first-order valence-corrected chi connectivity index (χ1v) is 5.58. The van der Waals surface area contributed by atoms with E-state index in [1.165, 1.54) is 6.07 Å². The highest BCUT2D eigenvalue weighted by atomic mass is 19.1. The van der Waals surface area contributed by atoms with Crippen molar-refractivity contribution in [2.75, 3.05) is 18.4 Å². The van der Waals surface area contributed by atoms with Gasteiger partial charge in [-0.25, -0.2) is 9.18 Å². The second-order valence-corrected chi connectivity index (χ2v) is 3.65. The minimum Gasteiger partial charge on any atom is -0.478 e. The maximum absolute atomic E-state index is 12.9. The van der Waals surface area contributed by atoms with Crippen LogP contribution in [-0.4, -0.2) is 30.1 Å². The van der Waals surface area contributed by atoms with E-state index in [4.69, 9.17) is 5.11 Å². The van der Waals surface area contributed by atoms with E-state index in [0.717, 1.165) is 18.7 Å².